The number of nitrogens with two attached hydrogens (primary N) is 2. The maximum absolute atomic E-state index is 12.0. The highest BCUT2D eigenvalue weighted by atomic mass is 32.2. The van der Waals surface area contributed by atoms with Crippen LogP contribution in [0.4, 0.5) is 17.3 Å². The molecule has 0 unspecified atom stereocenters. The van der Waals surface area contributed by atoms with E-state index in [0.29, 0.717) is 22.7 Å². The number of hydrogen-bond donors (Lipinski definition) is 3. The Balaban J connectivity index is 1.89. The van der Waals surface area contributed by atoms with Gasteiger partial charge in [0, 0.05) is 11.8 Å². The number of carbonyl (C=O) groups excluding carboxylic acids is 1. The van der Waals surface area contributed by atoms with Gasteiger partial charge in [0.2, 0.25) is 5.91 Å². The summed E-state index contributed by atoms with van der Waals surface area (Å²) < 4.78 is 0. The Morgan fingerprint density at radius 3 is 2.39 bits per heavy atom. The van der Waals surface area contributed by atoms with Gasteiger partial charge in [-0.2, -0.15) is 0 Å². The summed E-state index contributed by atoms with van der Waals surface area (Å²) >= 11 is 1.19. The SMILES string of the molecule is CC[C@@H](C)c1ccc(NC(=O)CSc2nc(N)cc(N)n2)cc1. The van der Waals surface area contributed by atoms with Crippen molar-refractivity contribution in [3.05, 3.63) is 35.9 Å². The van der Waals surface area contributed by atoms with Crippen LogP contribution in [0.25, 0.3) is 0 Å². The average Bonchev–Trinajstić information content (AvgIpc) is 2.52. The molecule has 0 fully saturated rings. The van der Waals surface area contributed by atoms with Crippen molar-refractivity contribution in [3.63, 3.8) is 0 Å². The molecule has 122 valence electrons. The highest BCUT2D eigenvalue weighted by Gasteiger charge is 2.08. The Labute approximate surface area is 140 Å². The van der Waals surface area contributed by atoms with Crippen LogP contribution in [0.15, 0.2) is 35.5 Å². The Bertz CT molecular complexity index is 654. The monoisotopic (exact) mass is 331 g/mol. The van der Waals surface area contributed by atoms with Gasteiger partial charge in [0.15, 0.2) is 5.16 Å². The molecule has 5 N–H and O–H groups in total. The molecule has 0 saturated heterocycles. The van der Waals surface area contributed by atoms with E-state index < -0.39 is 0 Å². The molecule has 2 rings (SSSR count). The van der Waals surface area contributed by atoms with E-state index in [9.17, 15) is 4.79 Å². The molecule has 0 spiro atoms. The van der Waals surface area contributed by atoms with E-state index in [0.717, 1.165) is 12.1 Å². The molecule has 2 aromatic rings. The predicted molar refractivity (Wildman–Crippen MR) is 95.4 cm³/mol. The van der Waals surface area contributed by atoms with E-state index in [1.165, 1.54) is 23.4 Å². The van der Waals surface area contributed by atoms with Crippen LogP contribution >= 0.6 is 11.8 Å². The van der Waals surface area contributed by atoms with E-state index in [4.69, 9.17) is 11.5 Å². The van der Waals surface area contributed by atoms with Gasteiger partial charge in [-0.05, 0) is 30.0 Å². The number of amides is 1. The number of carbonyl (C=O) groups is 1. The van der Waals surface area contributed by atoms with Gasteiger partial charge in [-0.15, -0.1) is 0 Å². The van der Waals surface area contributed by atoms with Crippen molar-refractivity contribution in [1.29, 1.82) is 0 Å². The lowest BCUT2D eigenvalue weighted by molar-refractivity contribution is -0.113. The predicted octanol–water partition coefficient (Wildman–Crippen LogP) is 2.89. The molecule has 0 bridgehead atoms. The summed E-state index contributed by atoms with van der Waals surface area (Å²) in [6.45, 7) is 4.34. The molecule has 1 atom stereocenters. The summed E-state index contributed by atoms with van der Waals surface area (Å²) in [5, 5.41) is 3.24. The van der Waals surface area contributed by atoms with E-state index in [-0.39, 0.29) is 11.7 Å². The third kappa shape index (κ3) is 5.14. The Hall–Kier alpha value is -2.28. The van der Waals surface area contributed by atoms with Gasteiger partial charge in [0.25, 0.3) is 0 Å². The summed E-state index contributed by atoms with van der Waals surface area (Å²) in [7, 11) is 0. The van der Waals surface area contributed by atoms with Crippen molar-refractivity contribution < 1.29 is 4.79 Å². The van der Waals surface area contributed by atoms with Gasteiger partial charge in [-0.25, -0.2) is 9.97 Å². The van der Waals surface area contributed by atoms with E-state index in [1.807, 2.05) is 24.3 Å². The first-order valence-corrected chi connectivity index (χ1v) is 8.39. The Morgan fingerprint density at radius 1 is 1.22 bits per heavy atom. The van der Waals surface area contributed by atoms with Gasteiger partial charge < -0.3 is 16.8 Å². The maximum Gasteiger partial charge on any atom is 0.234 e. The highest BCUT2D eigenvalue weighted by molar-refractivity contribution is 7.99. The molecule has 1 heterocycles. The van der Waals surface area contributed by atoms with Gasteiger partial charge in [-0.1, -0.05) is 37.7 Å². The van der Waals surface area contributed by atoms with Gasteiger partial charge >= 0.3 is 0 Å². The summed E-state index contributed by atoms with van der Waals surface area (Å²) in [4.78, 5) is 20.0. The van der Waals surface area contributed by atoms with Crippen LogP contribution in [-0.4, -0.2) is 21.6 Å². The van der Waals surface area contributed by atoms with Crippen LogP contribution in [-0.2, 0) is 4.79 Å². The largest absolute Gasteiger partial charge is 0.383 e. The molecule has 23 heavy (non-hydrogen) atoms. The quantitative estimate of drug-likeness (QED) is 0.555. The van der Waals surface area contributed by atoms with Crippen molar-refractivity contribution >= 4 is 35.0 Å². The zero-order chi connectivity index (χ0) is 16.8. The zero-order valence-corrected chi connectivity index (χ0v) is 14.1. The molecule has 0 aliphatic carbocycles. The van der Waals surface area contributed by atoms with Crippen molar-refractivity contribution in [2.24, 2.45) is 0 Å². The standard InChI is InChI=1S/C16H21N5OS/c1-3-10(2)11-4-6-12(7-5-11)19-15(22)9-23-16-20-13(17)8-14(18)21-16/h4-8,10H,3,9H2,1-2H3,(H,19,22)(H4,17,18,20,21)/t10-/m1/s1. The summed E-state index contributed by atoms with van der Waals surface area (Å²) in [6, 6.07) is 9.39. The number of aromatic nitrogens is 2. The lowest BCUT2D eigenvalue weighted by Crippen LogP contribution is -2.14. The van der Waals surface area contributed by atoms with E-state index >= 15 is 0 Å². The smallest absolute Gasteiger partial charge is 0.234 e. The molecular weight excluding hydrogens is 310 g/mol. The highest BCUT2D eigenvalue weighted by Crippen LogP contribution is 2.21. The summed E-state index contributed by atoms with van der Waals surface area (Å²) in [5.74, 6) is 1.16. The van der Waals surface area contributed by atoms with Crippen LogP contribution in [0, 0.1) is 0 Å². The van der Waals surface area contributed by atoms with E-state index in [2.05, 4.69) is 29.1 Å². The molecule has 7 heteroatoms. The molecule has 1 amide bonds. The lowest BCUT2D eigenvalue weighted by atomic mass is 9.99. The topological polar surface area (TPSA) is 107 Å². The molecule has 1 aromatic carbocycles. The minimum Gasteiger partial charge on any atom is -0.383 e. The summed E-state index contributed by atoms with van der Waals surface area (Å²) in [6.07, 6.45) is 1.09. The maximum atomic E-state index is 12.0. The van der Waals surface area contributed by atoms with Crippen LogP contribution in [0.1, 0.15) is 31.7 Å². The number of hydrogen-bond acceptors (Lipinski definition) is 6. The van der Waals surface area contributed by atoms with Crippen molar-refractivity contribution in [2.75, 3.05) is 22.5 Å². The van der Waals surface area contributed by atoms with Gasteiger partial charge in [-0.3, -0.25) is 4.79 Å². The number of nitrogen functional groups attached to an aromatic ring is 2. The third-order valence-electron chi connectivity index (χ3n) is 3.45. The fourth-order valence-corrected chi connectivity index (χ4v) is 2.66. The molecule has 0 saturated carbocycles. The van der Waals surface area contributed by atoms with Gasteiger partial charge in [0.1, 0.15) is 11.6 Å². The van der Waals surface area contributed by atoms with Crippen molar-refractivity contribution in [1.82, 2.24) is 9.97 Å². The first-order valence-electron chi connectivity index (χ1n) is 7.40. The van der Waals surface area contributed by atoms with Crippen molar-refractivity contribution in [3.8, 4) is 0 Å². The van der Waals surface area contributed by atoms with Gasteiger partial charge in [0.05, 0.1) is 5.75 Å². The molecule has 1 aromatic heterocycles. The van der Waals surface area contributed by atoms with Crippen molar-refractivity contribution in [2.45, 2.75) is 31.3 Å². The average molecular weight is 331 g/mol. The fraction of sp³-hybridized carbons (Fsp3) is 0.312. The number of nitrogens with one attached hydrogen (secondary N) is 1. The second-order valence-electron chi connectivity index (χ2n) is 5.27. The number of benzene rings is 1. The number of anilines is 3. The Kier molecular flexibility index (Phi) is 5.81. The fourth-order valence-electron chi connectivity index (χ4n) is 1.98. The van der Waals surface area contributed by atoms with Crippen LogP contribution in [0.3, 0.4) is 0 Å². The Morgan fingerprint density at radius 2 is 1.83 bits per heavy atom. The molecule has 6 nitrogen and oxygen atoms in total. The van der Waals surface area contributed by atoms with Crippen LogP contribution in [0.5, 0.6) is 0 Å². The van der Waals surface area contributed by atoms with E-state index in [1.54, 1.807) is 0 Å². The lowest BCUT2D eigenvalue weighted by Gasteiger charge is -2.10. The minimum absolute atomic E-state index is 0.129. The normalized spacial score (nSPS) is 11.9. The molecule has 0 radical (unpaired) electrons. The number of thioether (sulfide) groups is 1. The second kappa shape index (κ2) is 7.82. The summed E-state index contributed by atoms with van der Waals surface area (Å²) in [5.41, 5.74) is 13.2. The van der Waals surface area contributed by atoms with Crippen LogP contribution < -0.4 is 16.8 Å². The van der Waals surface area contributed by atoms with Crippen LogP contribution in [0.2, 0.25) is 0 Å². The first-order chi connectivity index (χ1) is 11.0. The molecule has 0 aliphatic rings. The molecule has 0 aliphatic heterocycles. The third-order valence-corrected chi connectivity index (χ3v) is 4.30. The first kappa shape index (κ1) is 17.1. The second-order valence-corrected chi connectivity index (χ2v) is 6.21. The molecular formula is C16H21N5OS. The zero-order valence-electron chi connectivity index (χ0n) is 13.2. The minimum atomic E-state index is -0.129. The number of rotatable bonds is 6. The number of nitrogens with zero attached hydrogens (tertiary/aromatic N) is 2.